The van der Waals surface area contributed by atoms with Crippen molar-refractivity contribution < 1.29 is 4.79 Å². The monoisotopic (exact) mass is 240 g/mol. The highest BCUT2D eigenvalue weighted by molar-refractivity contribution is 6.30. The first-order valence-corrected chi connectivity index (χ1v) is 5.45. The van der Waals surface area contributed by atoms with E-state index in [0.717, 1.165) is 11.3 Å². The minimum absolute atomic E-state index is 0.0744. The fourth-order valence-corrected chi connectivity index (χ4v) is 1.65. The van der Waals surface area contributed by atoms with E-state index in [9.17, 15) is 4.79 Å². The quantitative estimate of drug-likeness (QED) is 0.807. The van der Waals surface area contributed by atoms with Crippen molar-refractivity contribution in [1.82, 2.24) is 4.90 Å². The minimum atomic E-state index is 0.0744. The summed E-state index contributed by atoms with van der Waals surface area (Å²) in [5, 5.41) is 0.659. The molecule has 0 unspecified atom stereocenters. The van der Waals surface area contributed by atoms with E-state index >= 15 is 0 Å². The molecule has 0 spiro atoms. The van der Waals surface area contributed by atoms with E-state index in [1.807, 2.05) is 37.2 Å². The van der Waals surface area contributed by atoms with Crippen LogP contribution in [0.25, 0.3) is 0 Å². The molecule has 0 aliphatic rings. The number of anilines is 1. The first-order chi connectivity index (χ1) is 7.41. The van der Waals surface area contributed by atoms with Gasteiger partial charge in [0, 0.05) is 38.9 Å². The number of halogens is 1. The van der Waals surface area contributed by atoms with Gasteiger partial charge in [-0.25, -0.2) is 0 Å². The van der Waals surface area contributed by atoms with Gasteiger partial charge in [0.25, 0.3) is 0 Å². The van der Waals surface area contributed by atoms with Crippen LogP contribution in [0.4, 0.5) is 5.69 Å². The minimum Gasteiger partial charge on any atom is -0.377 e. The van der Waals surface area contributed by atoms with E-state index in [-0.39, 0.29) is 5.91 Å². The zero-order valence-corrected chi connectivity index (χ0v) is 10.9. The topological polar surface area (TPSA) is 23.6 Å². The van der Waals surface area contributed by atoms with Crippen LogP contribution in [0, 0.1) is 0 Å². The van der Waals surface area contributed by atoms with Gasteiger partial charge in [-0.15, -0.1) is 0 Å². The second-order valence-corrected chi connectivity index (χ2v) is 4.57. The van der Waals surface area contributed by atoms with Crippen molar-refractivity contribution in [2.75, 3.05) is 33.1 Å². The number of rotatable bonds is 3. The number of hydrogen-bond donors (Lipinski definition) is 0. The highest BCUT2D eigenvalue weighted by Crippen LogP contribution is 2.23. The highest BCUT2D eigenvalue weighted by atomic mass is 35.5. The van der Waals surface area contributed by atoms with Crippen LogP contribution in [0.1, 0.15) is 5.56 Å². The van der Waals surface area contributed by atoms with Gasteiger partial charge in [0.15, 0.2) is 0 Å². The Labute approximate surface area is 102 Å². The Bertz CT molecular complexity index is 389. The van der Waals surface area contributed by atoms with E-state index in [1.165, 1.54) is 0 Å². The fourth-order valence-electron chi connectivity index (χ4n) is 1.45. The molecule has 0 bridgehead atoms. The molecule has 1 amide bonds. The number of benzene rings is 1. The number of hydrogen-bond acceptors (Lipinski definition) is 2. The Morgan fingerprint density at radius 1 is 1.25 bits per heavy atom. The average Bonchev–Trinajstić information content (AvgIpc) is 2.16. The number of likely N-dealkylation sites (N-methyl/N-ethyl adjacent to an activating group) is 1. The molecule has 0 aliphatic heterocycles. The number of carbonyl (C=O) groups excluding carboxylic acids is 1. The van der Waals surface area contributed by atoms with Crippen LogP contribution in [0.15, 0.2) is 18.2 Å². The van der Waals surface area contributed by atoms with Crippen LogP contribution < -0.4 is 4.90 Å². The summed E-state index contributed by atoms with van der Waals surface area (Å²) >= 11 is 5.94. The molecular formula is C12H17ClN2O. The summed E-state index contributed by atoms with van der Waals surface area (Å²) in [6.45, 7) is 0. The van der Waals surface area contributed by atoms with Gasteiger partial charge >= 0.3 is 0 Å². The Kier molecular flexibility index (Phi) is 4.19. The number of amides is 1. The lowest BCUT2D eigenvalue weighted by Gasteiger charge is -2.18. The molecule has 1 rings (SSSR count). The zero-order valence-electron chi connectivity index (χ0n) is 10.1. The Hall–Kier alpha value is -1.22. The molecule has 16 heavy (non-hydrogen) atoms. The van der Waals surface area contributed by atoms with E-state index < -0.39 is 0 Å². The van der Waals surface area contributed by atoms with Gasteiger partial charge < -0.3 is 9.80 Å². The lowest BCUT2D eigenvalue weighted by molar-refractivity contribution is -0.127. The number of nitrogens with zero attached hydrogens (tertiary/aromatic N) is 2. The highest BCUT2D eigenvalue weighted by Gasteiger charge is 2.11. The number of carbonyl (C=O) groups is 1. The predicted octanol–water partition coefficient (Wildman–Crippen LogP) is 2.04. The van der Waals surface area contributed by atoms with Gasteiger partial charge in [-0.3, -0.25) is 4.79 Å². The summed E-state index contributed by atoms with van der Waals surface area (Å²) in [4.78, 5) is 15.2. The van der Waals surface area contributed by atoms with Crippen LogP contribution in [-0.2, 0) is 11.2 Å². The third-order valence-electron chi connectivity index (χ3n) is 2.36. The molecule has 0 N–H and O–H groups in total. The fraction of sp³-hybridized carbons (Fsp3) is 0.417. The SMILES string of the molecule is CN(C)C(=O)Cc1cc(Cl)ccc1N(C)C. The molecule has 0 fully saturated rings. The maximum absolute atomic E-state index is 11.7. The zero-order chi connectivity index (χ0) is 12.3. The van der Waals surface area contributed by atoms with Crippen molar-refractivity contribution in [3.63, 3.8) is 0 Å². The maximum Gasteiger partial charge on any atom is 0.226 e. The van der Waals surface area contributed by atoms with Crippen LogP contribution in [0.3, 0.4) is 0 Å². The second kappa shape index (κ2) is 5.21. The largest absolute Gasteiger partial charge is 0.377 e. The molecule has 0 heterocycles. The van der Waals surface area contributed by atoms with Gasteiger partial charge in [-0.2, -0.15) is 0 Å². The average molecular weight is 241 g/mol. The van der Waals surface area contributed by atoms with Crippen LogP contribution in [-0.4, -0.2) is 39.0 Å². The lowest BCUT2D eigenvalue weighted by Crippen LogP contribution is -2.24. The third kappa shape index (κ3) is 3.14. The summed E-state index contributed by atoms with van der Waals surface area (Å²) in [6.07, 6.45) is 0.376. The summed E-state index contributed by atoms with van der Waals surface area (Å²) in [7, 11) is 7.41. The van der Waals surface area contributed by atoms with Crippen molar-refractivity contribution in [2.45, 2.75) is 6.42 Å². The maximum atomic E-state index is 11.7. The van der Waals surface area contributed by atoms with E-state index in [2.05, 4.69) is 0 Å². The molecule has 0 saturated carbocycles. The second-order valence-electron chi connectivity index (χ2n) is 4.13. The summed E-state index contributed by atoms with van der Waals surface area (Å²) < 4.78 is 0. The molecule has 0 aromatic heterocycles. The first kappa shape index (κ1) is 12.8. The molecule has 3 nitrogen and oxygen atoms in total. The Morgan fingerprint density at radius 3 is 2.38 bits per heavy atom. The molecule has 0 aliphatic carbocycles. The lowest BCUT2D eigenvalue weighted by atomic mass is 10.1. The van der Waals surface area contributed by atoms with Crippen molar-refractivity contribution in [3.8, 4) is 0 Å². The molecule has 4 heteroatoms. The summed E-state index contributed by atoms with van der Waals surface area (Å²) in [6, 6.07) is 5.61. The van der Waals surface area contributed by atoms with Gasteiger partial charge in [-0.1, -0.05) is 11.6 Å². The van der Waals surface area contributed by atoms with E-state index in [4.69, 9.17) is 11.6 Å². The van der Waals surface area contributed by atoms with Gasteiger partial charge in [0.1, 0.15) is 0 Å². The third-order valence-corrected chi connectivity index (χ3v) is 2.60. The summed E-state index contributed by atoms with van der Waals surface area (Å²) in [5.74, 6) is 0.0744. The smallest absolute Gasteiger partial charge is 0.226 e. The molecule has 0 atom stereocenters. The van der Waals surface area contributed by atoms with Gasteiger partial charge in [0.05, 0.1) is 6.42 Å². The molecule has 1 aromatic carbocycles. The standard InChI is InChI=1S/C12H17ClN2O/c1-14(2)11-6-5-10(13)7-9(11)8-12(16)15(3)4/h5-7H,8H2,1-4H3. The van der Waals surface area contributed by atoms with Crippen molar-refractivity contribution in [1.29, 1.82) is 0 Å². The molecule has 1 aromatic rings. The molecule has 0 saturated heterocycles. The van der Waals surface area contributed by atoms with Crippen LogP contribution >= 0.6 is 11.6 Å². The van der Waals surface area contributed by atoms with E-state index in [0.29, 0.717) is 11.4 Å². The van der Waals surface area contributed by atoms with Crippen molar-refractivity contribution in [3.05, 3.63) is 28.8 Å². The van der Waals surface area contributed by atoms with Crippen LogP contribution in [0.5, 0.6) is 0 Å². The van der Waals surface area contributed by atoms with Crippen LogP contribution in [0.2, 0.25) is 5.02 Å². The van der Waals surface area contributed by atoms with Gasteiger partial charge in [0.2, 0.25) is 5.91 Å². The molecular weight excluding hydrogens is 224 g/mol. The molecule has 88 valence electrons. The van der Waals surface area contributed by atoms with E-state index in [1.54, 1.807) is 19.0 Å². The van der Waals surface area contributed by atoms with Crippen molar-refractivity contribution >= 4 is 23.2 Å². The summed E-state index contributed by atoms with van der Waals surface area (Å²) in [5.41, 5.74) is 1.98. The predicted molar refractivity (Wildman–Crippen MR) is 68.2 cm³/mol. The Morgan fingerprint density at radius 2 is 1.88 bits per heavy atom. The Balaban J connectivity index is 3.01. The molecule has 0 radical (unpaired) electrons. The van der Waals surface area contributed by atoms with Gasteiger partial charge in [-0.05, 0) is 23.8 Å². The first-order valence-electron chi connectivity index (χ1n) is 5.07. The normalized spacial score (nSPS) is 10.1. The van der Waals surface area contributed by atoms with Crippen molar-refractivity contribution in [2.24, 2.45) is 0 Å².